The van der Waals surface area contributed by atoms with Gasteiger partial charge in [-0.2, -0.15) is 9.98 Å². The van der Waals surface area contributed by atoms with E-state index in [2.05, 4.69) is 38.7 Å². The van der Waals surface area contributed by atoms with Crippen molar-refractivity contribution in [3.05, 3.63) is 47.4 Å². The molecule has 2 heterocycles. The number of halogens is 1. The Bertz CT molecular complexity index is 694. The number of hydroxylamine groups is 2. The van der Waals surface area contributed by atoms with Crippen LogP contribution < -0.4 is 4.65 Å². The van der Waals surface area contributed by atoms with Crippen molar-refractivity contribution in [1.29, 1.82) is 0 Å². The second-order valence-electron chi connectivity index (χ2n) is 6.61. The van der Waals surface area contributed by atoms with E-state index in [1.165, 1.54) is 44.9 Å². The van der Waals surface area contributed by atoms with E-state index in [0.29, 0.717) is 23.3 Å². The molecule has 6 heteroatoms. The van der Waals surface area contributed by atoms with Crippen LogP contribution in [0.5, 0.6) is 0 Å². The summed E-state index contributed by atoms with van der Waals surface area (Å²) >= 11 is 2.34. The summed E-state index contributed by atoms with van der Waals surface area (Å²) in [5, 5.41) is 13.3. The number of rotatable bonds is 2. The molecule has 1 aliphatic carbocycles. The Morgan fingerprint density at radius 1 is 1.08 bits per heavy atom. The maximum absolute atomic E-state index is 13.3. The van der Waals surface area contributed by atoms with Crippen LogP contribution in [0.3, 0.4) is 0 Å². The number of aliphatic imine (C=N–C) groups is 2. The predicted molar refractivity (Wildman–Crippen MR) is 107 cm³/mol. The molecule has 0 amide bonds. The molecule has 2 unspecified atom stereocenters. The van der Waals surface area contributed by atoms with Gasteiger partial charge in [0.25, 0.3) is 5.84 Å². The molecule has 126 valence electrons. The third kappa shape index (κ3) is 2.80. The Labute approximate surface area is 156 Å². The molecule has 0 bridgehead atoms. The number of alkyl halides is 1. The fraction of sp³-hybridized carbons (Fsp3) is 0.444. The molecule has 5 nitrogen and oxygen atoms in total. The molecule has 0 N–H and O–H groups in total. The zero-order chi connectivity index (χ0) is 16.6. The minimum absolute atomic E-state index is 0.0405. The molecule has 0 spiro atoms. The Hall–Kier alpha value is -1.25. The van der Waals surface area contributed by atoms with E-state index in [4.69, 9.17) is 4.99 Å². The summed E-state index contributed by atoms with van der Waals surface area (Å²) in [6, 6.07) is 9.86. The molecule has 3 aliphatic rings. The van der Waals surface area contributed by atoms with Gasteiger partial charge in [0, 0.05) is 24.4 Å². The first-order valence-corrected chi connectivity index (χ1v) is 9.86. The van der Waals surface area contributed by atoms with E-state index in [0.717, 1.165) is 0 Å². The molecule has 4 rings (SSSR count). The standard InChI is InChI=1S/C18H21IN4O/c19-18-21-17-16(12-22(18)14-8-4-1-2-5-9-14)20-13-23(17,24)15-10-6-3-7-11-15/h3,6-7,10-14,18H,1-2,4-5,8-9H2. The maximum Gasteiger partial charge on any atom is 0.264 e. The second kappa shape index (κ2) is 6.57. The van der Waals surface area contributed by atoms with Gasteiger partial charge < -0.3 is 10.1 Å². The van der Waals surface area contributed by atoms with Gasteiger partial charge in [-0.3, -0.25) is 0 Å². The Balaban J connectivity index is 1.63. The van der Waals surface area contributed by atoms with Gasteiger partial charge in [0.2, 0.25) is 6.34 Å². The van der Waals surface area contributed by atoms with Crippen LogP contribution in [0, 0.1) is 5.21 Å². The van der Waals surface area contributed by atoms with Crippen molar-refractivity contribution >= 4 is 40.5 Å². The quantitative estimate of drug-likeness (QED) is 0.171. The highest BCUT2D eigenvalue weighted by molar-refractivity contribution is 14.1. The van der Waals surface area contributed by atoms with Crippen LogP contribution in [-0.4, -0.2) is 27.3 Å². The molecular formula is C18H21IN4O. The lowest BCUT2D eigenvalue weighted by Gasteiger charge is -2.38. The van der Waals surface area contributed by atoms with E-state index >= 15 is 0 Å². The fourth-order valence-electron chi connectivity index (χ4n) is 3.71. The zero-order valence-corrected chi connectivity index (χ0v) is 15.7. The van der Waals surface area contributed by atoms with Gasteiger partial charge in [-0.1, -0.05) is 43.9 Å². The van der Waals surface area contributed by atoms with Crippen molar-refractivity contribution in [3.8, 4) is 0 Å². The number of amidine groups is 1. The highest BCUT2D eigenvalue weighted by atomic mass is 127. The topological polar surface area (TPSA) is 51.0 Å². The molecule has 2 atom stereocenters. The smallest absolute Gasteiger partial charge is 0.264 e. The lowest BCUT2D eigenvalue weighted by Crippen LogP contribution is -2.48. The van der Waals surface area contributed by atoms with E-state index in [1.54, 1.807) is 0 Å². The van der Waals surface area contributed by atoms with Crippen LogP contribution >= 0.6 is 22.6 Å². The maximum atomic E-state index is 13.3. The molecule has 2 aliphatic heterocycles. The van der Waals surface area contributed by atoms with Crippen molar-refractivity contribution in [2.75, 3.05) is 0 Å². The highest BCUT2D eigenvalue weighted by Crippen LogP contribution is 2.35. The Kier molecular flexibility index (Phi) is 4.44. The molecular weight excluding hydrogens is 415 g/mol. The summed E-state index contributed by atoms with van der Waals surface area (Å²) in [7, 11) is 0. The predicted octanol–water partition coefficient (Wildman–Crippen LogP) is 4.53. The van der Waals surface area contributed by atoms with Crippen molar-refractivity contribution in [1.82, 2.24) is 9.55 Å². The SMILES string of the molecule is [O-][N+]1(c2ccccc2)C=NC2=CN(C3CCCCCC3)C(I)N=C21. The summed E-state index contributed by atoms with van der Waals surface area (Å²) in [4.78, 5) is 11.5. The van der Waals surface area contributed by atoms with E-state index in [9.17, 15) is 5.21 Å². The van der Waals surface area contributed by atoms with Crippen molar-refractivity contribution in [2.45, 2.75) is 48.7 Å². The van der Waals surface area contributed by atoms with Crippen molar-refractivity contribution in [3.63, 3.8) is 0 Å². The van der Waals surface area contributed by atoms with Crippen LogP contribution in [-0.2, 0) is 0 Å². The average molecular weight is 436 g/mol. The van der Waals surface area contributed by atoms with Gasteiger partial charge >= 0.3 is 0 Å². The number of para-hydroxylation sites is 1. The second-order valence-corrected chi connectivity index (χ2v) is 7.72. The number of fused-ring (bicyclic) bond motifs is 1. The minimum Gasteiger partial charge on any atom is -0.614 e. The number of hydrogen-bond acceptors (Lipinski definition) is 4. The third-order valence-corrected chi connectivity index (χ3v) is 5.96. The number of nitrogens with zero attached hydrogens (tertiary/aromatic N) is 4. The molecule has 0 radical (unpaired) electrons. The monoisotopic (exact) mass is 436 g/mol. The van der Waals surface area contributed by atoms with Gasteiger partial charge in [-0.25, -0.2) is 4.65 Å². The molecule has 1 fully saturated rings. The lowest BCUT2D eigenvalue weighted by atomic mass is 10.1. The minimum atomic E-state index is -0.690. The van der Waals surface area contributed by atoms with Gasteiger partial charge in [-0.15, -0.1) is 0 Å². The summed E-state index contributed by atoms with van der Waals surface area (Å²) in [5.74, 6) is 0.505. The zero-order valence-electron chi connectivity index (χ0n) is 13.5. The average Bonchev–Trinajstić information content (AvgIpc) is 2.80. The first-order valence-electron chi connectivity index (χ1n) is 8.61. The molecule has 0 aromatic heterocycles. The summed E-state index contributed by atoms with van der Waals surface area (Å²) in [6.07, 6.45) is 11.1. The molecule has 1 saturated carbocycles. The number of quaternary nitrogens is 1. The summed E-state index contributed by atoms with van der Waals surface area (Å²) < 4.78 is -0.730. The number of hydrogen-bond donors (Lipinski definition) is 0. The van der Waals surface area contributed by atoms with Gasteiger partial charge in [0.15, 0.2) is 9.87 Å². The van der Waals surface area contributed by atoms with Crippen molar-refractivity contribution in [2.24, 2.45) is 9.98 Å². The number of benzene rings is 1. The van der Waals surface area contributed by atoms with Crippen LogP contribution in [0.4, 0.5) is 5.69 Å². The highest BCUT2D eigenvalue weighted by Gasteiger charge is 2.40. The van der Waals surface area contributed by atoms with E-state index < -0.39 is 4.65 Å². The first kappa shape index (κ1) is 16.2. The van der Waals surface area contributed by atoms with Gasteiger partial charge in [0.1, 0.15) is 5.69 Å². The van der Waals surface area contributed by atoms with E-state index in [-0.39, 0.29) is 4.17 Å². The van der Waals surface area contributed by atoms with Gasteiger partial charge in [-0.05, 0) is 35.4 Å². The van der Waals surface area contributed by atoms with Crippen LogP contribution in [0.1, 0.15) is 38.5 Å². The van der Waals surface area contributed by atoms with E-state index in [1.807, 2.05) is 30.3 Å². The Morgan fingerprint density at radius 2 is 1.79 bits per heavy atom. The Morgan fingerprint density at radius 3 is 2.50 bits per heavy atom. The molecule has 1 aromatic rings. The first-order chi connectivity index (χ1) is 11.7. The normalized spacial score (nSPS) is 30.6. The van der Waals surface area contributed by atoms with Crippen LogP contribution in [0.15, 0.2) is 52.2 Å². The van der Waals surface area contributed by atoms with Crippen molar-refractivity contribution < 1.29 is 0 Å². The summed E-state index contributed by atoms with van der Waals surface area (Å²) in [5.41, 5.74) is 1.36. The molecule has 24 heavy (non-hydrogen) atoms. The third-order valence-electron chi connectivity index (χ3n) is 5.04. The van der Waals surface area contributed by atoms with Crippen LogP contribution in [0.2, 0.25) is 0 Å². The largest absolute Gasteiger partial charge is 0.614 e. The fourth-order valence-corrected chi connectivity index (χ4v) is 4.59. The molecule has 0 saturated heterocycles. The van der Waals surface area contributed by atoms with Crippen LogP contribution in [0.25, 0.3) is 0 Å². The lowest BCUT2D eigenvalue weighted by molar-refractivity contribution is 0.244. The molecule has 1 aromatic carbocycles. The van der Waals surface area contributed by atoms with Gasteiger partial charge in [0.05, 0.1) is 0 Å². The summed E-state index contributed by atoms with van der Waals surface area (Å²) in [6.45, 7) is 0.